The van der Waals surface area contributed by atoms with Crippen molar-refractivity contribution in [1.82, 2.24) is 9.13 Å². The van der Waals surface area contributed by atoms with Gasteiger partial charge in [-0.25, -0.2) is 9.59 Å². The van der Waals surface area contributed by atoms with E-state index in [0.29, 0.717) is 5.69 Å². The Morgan fingerprint density at radius 1 is 1.32 bits per heavy atom. The Bertz CT molecular complexity index is 709. The number of carbonyl (C=O) groups is 1. The highest BCUT2D eigenvalue weighted by molar-refractivity contribution is 5.88. The topological polar surface area (TPSA) is 83.4 Å². The lowest BCUT2D eigenvalue weighted by Crippen LogP contribution is -2.38. The van der Waals surface area contributed by atoms with E-state index in [9.17, 15) is 14.4 Å². The summed E-state index contributed by atoms with van der Waals surface area (Å²) in [5, 5.41) is 0. The zero-order valence-electron chi connectivity index (χ0n) is 10.5. The van der Waals surface area contributed by atoms with E-state index >= 15 is 0 Å². The third-order valence-electron chi connectivity index (χ3n) is 2.73. The fourth-order valence-corrected chi connectivity index (χ4v) is 1.52. The molecule has 7 nitrogen and oxygen atoms in total. The molecule has 0 atom stereocenters. The minimum atomic E-state index is -0.582. The zero-order valence-corrected chi connectivity index (χ0v) is 10.5. The molecule has 19 heavy (non-hydrogen) atoms. The molecule has 0 saturated heterocycles. The van der Waals surface area contributed by atoms with Gasteiger partial charge in [0.15, 0.2) is 0 Å². The van der Waals surface area contributed by atoms with Gasteiger partial charge in [0.05, 0.1) is 17.5 Å². The van der Waals surface area contributed by atoms with Crippen LogP contribution in [0.15, 0.2) is 38.7 Å². The van der Waals surface area contributed by atoms with E-state index in [1.54, 1.807) is 0 Å². The van der Waals surface area contributed by atoms with Crippen molar-refractivity contribution in [3.63, 3.8) is 0 Å². The monoisotopic (exact) mass is 264 g/mol. The average Bonchev–Trinajstić information content (AvgIpc) is 2.92. The molecule has 0 aliphatic rings. The first-order valence-electron chi connectivity index (χ1n) is 5.46. The van der Waals surface area contributed by atoms with Gasteiger partial charge in [-0.3, -0.25) is 13.9 Å². The molecule has 2 aromatic heterocycles. The van der Waals surface area contributed by atoms with E-state index in [1.807, 2.05) is 0 Å². The van der Waals surface area contributed by atoms with Crippen LogP contribution < -0.4 is 11.2 Å². The SMILES string of the molecule is Cn1c(COC(=O)c2ccoc2)cc(=O)n(C)c1=O. The van der Waals surface area contributed by atoms with Gasteiger partial charge in [0.1, 0.15) is 12.9 Å². The number of furan rings is 1. The van der Waals surface area contributed by atoms with E-state index in [2.05, 4.69) is 0 Å². The predicted octanol–water partition coefficient (Wildman–Crippen LogP) is 0.0340. The highest BCUT2D eigenvalue weighted by Gasteiger charge is 2.11. The maximum Gasteiger partial charge on any atom is 0.341 e. The van der Waals surface area contributed by atoms with Crippen LogP contribution in [0.3, 0.4) is 0 Å². The first kappa shape index (κ1) is 12.9. The summed E-state index contributed by atoms with van der Waals surface area (Å²) in [6.07, 6.45) is 2.61. The molecule has 100 valence electrons. The van der Waals surface area contributed by atoms with Crippen molar-refractivity contribution in [2.45, 2.75) is 6.61 Å². The first-order chi connectivity index (χ1) is 9.00. The highest BCUT2D eigenvalue weighted by Crippen LogP contribution is 2.04. The Morgan fingerprint density at radius 3 is 2.68 bits per heavy atom. The molecule has 0 spiro atoms. The van der Waals surface area contributed by atoms with Crippen molar-refractivity contribution in [2.24, 2.45) is 14.1 Å². The summed E-state index contributed by atoms with van der Waals surface area (Å²) in [6, 6.07) is 2.72. The van der Waals surface area contributed by atoms with Crippen LogP contribution in [0.2, 0.25) is 0 Å². The second-order valence-corrected chi connectivity index (χ2v) is 3.96. The maximum absolute atomic E-state index is 11.7. The summed E-state index contributed by atoms with van der Waals surface area (Å²) in [5.41, 5.74) is -0.321. The van der Waals surface area contributed by atoms with Crippen LogP contribution >= 0.6 is 0 Å². The van der Waals surface area contributed by atoms with E-state index in [0.717, 1.165) is 4.57 Å². The maximum atomic E-state index is 11.7. The number of aromatic nitrogens is 2. The van der Waals surface area contributed by atoms with Crippen molar-refractivity contribution in [1.29, 1.82) is 0 Å². The molecule has 2 heterocycles. The average molecular weight is 264 g/mol. The summed E-state index contributed by atoms with van der Waals surface area (Å²) in [6.45, 7) is -0.161. The zero-order chi connectivity index (χ0) is 14.0. The standard InChI is InChI=1S/C12H12N2O5/c1-13-9(5-10(15)14(2)12(13)17)7-19-11(16)8-3-4-18-6-8/h3-6H,7H2,1-2H3. The Morgan fingerprint density at radius 2 is 2.05 bits per heavy atom. The summed E-state index contributed by atoms with van der Waals surface area (Å²) in [7, 11) is 2.88. The third kappa shape index (κ3) is 2.49. The molecule has 0 N–H and O–H groups in total. The second kappa shape index (κ2) is 4.97. The lowest BCUT2D eigenvalue weighted by Gasteiger charge is -2.09. The minimum absolute atomic E-state index is 0.161. The summed E-state index contributed by atoms with van der Waals surface area (Å²) in [4.78, 5) is 34.7. The van der Waals surface area contributed by atoms with Gasteiger partial charge in [0.2, 0.25) is 0 Å². The molecular formula is C12H12N2O5. The predicted molar refractivity (Wildman–Crippen MR) is 64.8 cm³/mol. The highest BCUT2D eigenvalue weighted by atomic mass is 16.5. The third-order valence-corrected chi connectivity index (χ3v) is 2.73. The molecule has 0 aromatic carbocycles. The van der Waals surface area contributed by atoms with E-state index in [4.69, 9.17) is 9.15 Å². The largest absolute Gasteiger partial charge is 0.472 e. The molecule has 0 aliphatic heterocycles. The van der Waals surface area contributed by atoms with Gasteiger partial charge in [-0.1, -0.05) is 0 Å². The van der Waals surface area contributed by atoms with Crippen LogP contribution in [-0.4, -0.2) is 15.1 Å². The fourth-order valence-electron chi connectivity index (χ4n) is 1.52. The van der Waals surface area contributed by atoms with Crippen molar-refractivity contribution < 1.29 is 13.9 Å². The quantitative estimate of drug-likeness (QED) is 0.730. The molecule has 2 rings (SSSR count). The fraction of sp³-hybridized carbons (Fsp3) is 0.250. The lowest BCUT2D eigenvalue weighted by atomic mass is 10.3. The molecule has 2 aromatic rings. The van der Waals surface area contributed by atoms with Gasteiger partial charge in [0, 0.05) is 20.2 Å². The second-order valence-electron chi connectivity index (χ2n) is 3.96. The van der Waals surface area contributed by atoms with E-state index in [1.165, 1.54) is 43.3 Å². The van der Waals surface area contributed by atoms with Gasteiger partial charge >= 0.3 is 11.7 Å². The van der Waals surface area contributed by atoms with E-state index < -0.39 is 17.2 Å². The van der Waals surface area contributed by atoms with Crippen molar-refractivity contribution in [3.05, 3.63) is 56.8 Å². The van der Waals surface area contributed by atoms with Gasteiger partial charge in [0.25, 0.3) is 5.56 Å². The molecule has 0 amide bonds. The molecule has 0 saturated carbocycles. The van der Waals surface area contributed by atoms with Crippen molar-refractivity contribution >= 4 is 5.97 Å². The van der Waals surface area contributed by atoms with Crippen LogP contribution in [-0.2, 0) is 25.4 Å². The normalized spacial score (nSPS) is 10.4. The van der Waals surface area contributed by atoms with Crippen LogP contribution in [0.4, 0.5) is 0 Å². The van der Waals surface area contributed by atoms with Crippen LogP contribution in [0, 0.1) is 0 Å². The molecule has 7 heteroatoms. The number of hydrogen-bond donors (Lipinski definition) is 0. The molecule has 0 unspecified atom stereocenters. The molecular weight excluding hydrogens is 252 g/mol. The summed E-state index contributed by atoms with van der Waals surface area (Å²) < 4.78 is 12.0. The number of carbonyl (C=O) groups excluding carboxylic acids is 1. The van der Waals surface area contributed by atoms with Crippen molar-refractivity contribution in [3.8, 4) is 0 Å². The number of nitrogens with zero attached hydrogens (tertiary/aromatic N) is 2. The van der Waals surface area contributed by atoms with Crippen molar-refractivity contribution in [2.75, 3.05) is 0 Å². The van der Waals surface area contributed by atoms with Crippen LogP contribution in [0.25, 0.3) is 0 Å². The van der Waals surface area contributed by atoms with Crippen LogP contribution in [0.5, 0.6) is 0 Å². The Balaban J connectivity index is 2.19. The van der Waals surface area contributed by atoms with Crippen LogP contribution in [0.1, 0.15) is 16.1 Å². The molecule has 0 fully saturated rings. The summed E-state index contributed by atoms with van der Waals surface area (Å²) in [5.74, 6) is -0.582. The Kier molecular flexibility index (Phi) is 3.37. The number of esters is 1. The van der Waals surface area contributed by atoms with Gasteiger partial charge < -0.3 is 9.15 Å². The van der Waals surface area contributed by atoms with Gasteiger partial charge in [-0.05, 0) is 6.07 Å². The van der Waals surface area contributed by atoms with E-state index in [-0.39, 0.29) is 12.2 Å². The van der Waals surface area contributed by atoms with Gasteiger partial charge in [-0.15, -0.1) is 0 Å². The Hall–Kier alpha value is -2.57. The number of hydrogen-bond acceptors (Lipinski definition) is 5. The summed E-state index contributed by atoms with van der Waals surface area (Å²) >= 11 is 0. The number of rotatable bonds is 3. The minimum Gasteiger partial charge on any atom is -0.472 e. The molecule has 0 bridgehead atoms. The smallest absolute Gasteiger partial charge is 0.341 e. The first-order valence-corrected chi connectivity index (χ1v) is 5.46. The Labute approximate surface area is 107 Å². The lowest BCUT2D eigenvalue weighted by molar-refractivity contribution is 0.0462. The molecule has 0 aliphatic carbocycles. The number of ether oxygens (including phenoxy) is 1. The van der Waals surface area contributed by atoms with Gasteiger partial charge in [-0.2, -0.15) is 0 Å². The molecule has 0 radical (unpaired) electrons.